The molecule has 0 amide bonds. The molecule has 0 aliphatic rings. The standard InChI is InChI=1S/C16H14N4O2S/c1-11-2-4-12(5-3-11)19-16-20-13(10-23-16)9-22-15(21)14-8-17-6-7-18-14/h2-8,10H,9H2,1H3,(H,19,20). The van der Waals surface area contributed by atoms with Crippen LogP contribution in [0.3, 0.4) is 0 Å². The van der Waals surface area contributed by atoms with Gasteiger partial charge in [-0.2, -0.15) is 0 Å². The Hall–Kier alpha value is -2.80. The minimum Gasteiger partial charge on any atom is -0.454 e. The maximum atomic E-state index is 11.8. The van der Waals surface area contributed by atoms with E-state index in [9.17, 15) is 4.79 Å². The number of nitrogens with zero attached hydrogens (tertiary/aromatic N) is 3. The Bertz CT molecular complexity index is 787. The molecule has 0 bridgehead atoms. The van der Waals surface area contributed by atoms with Gasteiger partial charge in [-0.25, -0.2) is 14.8 Å². The molecule has 7 heteroatoms. The Kier molecular flexibility index (Phi) is 4.58. The molecule has 1 aromatic carbocycles. The topological polar surface area (TPSA) is 77.0 Å². The first-order valence-corrected chi connectivity index (χ1v) is 7.80. The van der Waals surface area contributed by atoms with Crippen LogP contribution in [0.4, 0.5) is 10.8 Å². The van der Waals surface area contributed by atoms with Gasteiger partial charge in [-0.05, 0) is 19.1 Å². The molecule has 0 unspecified atom stereocenters. The van der Waals surface area contributed by atoms with E-state index >= 15 is 0 Å². The van der Waals surface area contributed by atoms with E-state index in [2.05, 4.69) is 20.3 Å². The molecule has 116 valence electrons. The molecule has 6 nitrogen and oxygen atoms in total. The van der Waals surface area contributed by atoms with Crippen molar-refractivity contribution in [3.63, 3.8) is 0 Å². The number of thiazole rings is 1. The maximum absolute atomic E-state index is 11.8. The van der Waals surface area contributed by atoms with Gasteiger partial charge in [-0.3, -0.25) is 4.98 Å². The second-order valence-electron chi connectivity index (χ2n) is 4.80. The van der Waals surface area contributed by atoms with E-state index in [0.29, 0.717) is 5.69 Å². The molecule has 3 aromatic rings. The second kappa shape index (κ2) is 6.97. The van der Waals surface area contributed by atoms with Gasteiger partial charge in [0, 0.05) is 23.5 Å². The highest BCUT2D eigenvalue weighted by Gasteiger charge is 2.10. The van der Waals surface area contributed by atoms with Crippen molar-refractivity contribution in [1.29, 1.82) is 0 Å². The lowest BCUT2D eigenvalue weighted by Gasteiger charge is -2.03. The Balaban J connectivity index is 1.57. The monoisotopic (exact) mass is 326 g/mol. The van der Waals surface area contributed by atoms with E-state index in [0.717, 1.165) is 10.8 Å². The lowest BCUT2D eigenvalue weighted by Crippen LogP contribution is -2.07. The minimum atomic E-state index is -0.515. The van der Waals surface area contributed by atoms with Gasteiger partial charge in [0.25, 0.3) is 0 Å². The maximum Gasteiger partial charge on any atom is 0.358 e. The van der Waals surface area contributed by atoms with E-state index in [-0.39, 0.29) is 12.3 Å². The van der Waals surface area contributed by atoms with Crippen molar-refractivity contribution in [2.24, 2.45) is 0 Å². The van der Waals surface area contributed by atoms with Crippen LogP contribution in [0, 0.1) is 6.92 Å². The lowest BCUT2D eigenvalue weighted by atomic mass is 10.2. The number of benzene rings is 1. The number of aryl methyl sites for hydroxylation is 1. The zero-order valence-electron chi connectivity index (χ0n) is 12.4. The zero-order valence-corrected chi connectivity index (χ0v) is 13.2. The highest BCUT2D eigenvalue weighted by atomic mass is 32.1. The smallest absolute Gasteiger partial charge is 0.358 e. The molecule has 0 fully saturated rings. The first-order valence-electron chi connectivity index (χ1n) is 6.92. The van der Waals surface area contributed by atoms with Crippen molar-refractivity contribution < 1.29 is 9.53 Å². The molecule has 1 N–H and O–H groups in total. The minimum absolute atomic E-state index is 0.0987. The van der Waals surface area contributed by atoms with Gasteiger partial charge in [0.15, 0.2) is 10.8 Å². The molecule has 0 aliphatic carbocycles. The van der Waals surface area contributed by atoms with Crippen LogP contribution in [-0.2, 0) is 11.3 Å². The summed E-state index contributed by atoms with van der Waals surface area (Å²) in [4.78, 5) is 23.9. The van der Waals surface area contributed by atoms with Crippen molar-refractivity contribution in [2.45, 2.75) is 13.5 Å². The van der Waals surface area contributed by atoms with Crippen molar-refractivity contribution in [1.82, 2.24) is 15.0 Å². The van der Waals surface area contributed by atoms with E-state index in [1.165, 1.54) is 35.5 Å². The normalized spacial score (nSPS) is 10.3. The number of rotatable bonds is 5. The summed E-state index contributed by atoms with van der Waals surface area (Å²) in [5.41, 5.74) is 3.03. The Morgan fingerprint density at radius 2 is 2.09 bits per heavy atom. The number of hydrogen-bond donors (Lipinski definition) is 1. The number of ether oxygens (including phenoxy) is 1. The number of esters is 1. The highest BCUT2D eigenvalue weighted by Crippen LogP contribution is 2.21. The third-order valence-electron chi connectivity index (χ3n) is 2.98. The van der Waals surface area contributed by atoms with Crippen molar-refractivity contribution in [3.05, 3.63) is 65.2 Å². The number of carbonyl (C=O) groups excluding carboxylic acids is 1. The number of carbonyl (C=O) groups is 1. The molecule has 0 spiro atoms. The van der Waals surface area contributed by atoms with Crippen molar-refractivity contribution in [3.8, 4) is 0 Å². The number of aromatic nitrogens is 3. The van der Waals surface area contributed by atoms with Gasteiger partial charge in [-0.1, -0.05) is 17.7 Å². The predicted molar refractivity (Wildman–Crippen MR) is 87.7 cm³/mol. The summed E-state index contributed by atoms with van der Waals surface area (Å²) in [6.07, 6.45) is 4.32. The van der Waals surface area contributed by atoms with Crippen LogP contribution in [0.25, 0.3) is 0 Å². The van der Waals surface area contributed by atoms with Gasteiger partial charge < -0.3 is 10.1 Å². The molecular weight excluding hydrogens is 312 g/mol. The Morgan fingerprint density at radius 1 is 1.26 bits per heavy atom. The molecule has 0 saturated heterocycles. The molecule has 2 heterocycles. The quantitative estimate of drug-likeness (QED) is 0.725. The fourth-order valence-electron chi connectivity index (χ4n) is 1.81. The van der Waals surface area contributed by atoms with Crippen LogP contribution < -0.4 is 5.32 Å². The predicted octanol–water partition coefficient (Wildman–Crippen LogP) is 3.34. The second-order valence-corrected chi connectivity index (χ2v) is 5.66. The van der Waals surface area contributed by atoms with Gasteiger partial charge in [0.05, 0.1) is 11.9 Å². The summed E-state index contributed by atoms with van der Waals surface area (Å²) in [7, 11) is 0. The average molecular weight is 326 g/mol. The van der Waals surface area contributed by atoms with Crippen LogP contribution in [-0.4, -0.2) is 20.9 Å². The average Bonchev–Trinajstić information content (AvgIpc) is 3.03. The SMILES string of the molecule is Cc1ccc(Nc2nc(COC(=O)c3cnccn3)cs2)cc1. The summed E-state index contributed by atoms with van der Waals surface area (Å²) in [6, 6.07) is 8.04. The van der Waals surface area contributed by atoms with Gasteiger partial charge in [0.2, 0.25) is 0 Å². The van der Waals surface area contributed by atoms with Crippen LogP contribution >= 0.6 is 11.3 Å². The van der Waals surface area contributed by atoms with Crippen LogP contribution in [0.15, 0.2) is 48.2 Å². The van der Waals surface area contributed by atoms with E-state index in [1.54, 1.807) is 0 Å². The van der Waals surface area contributed by atoms with Crippen molar-refractivity contribution in [2.75, 3.05) is 5.32 Å². The lowest BCUT2D eigenvalue weighted by molar-refractivity contribution is 0.0461. The number of anilines is 2. The van der Waals surface area contributed by atoms with Crippen LogP contribution in [0.5, 0.6) is 0 Å². The van der Waals surface area contributed by atoms with Crippen LogP contribution in [0.1, 0.15) is 21.7 Å². The van der Waals surface area contributed by atoms with E-state index in [4.69, 9.17) is 4.74 Å². The first-order chi connectivity index (χ1) is 11.2. The summed E-state index contributed by atoms with van der Waals surface area (Å²) in [5.74, 6) is -0.515. The molecule has 23 heavy (non-hydrogen) atoms. The van der Waals surface area contributed by atoms with Crippen molar-refractivity contribution >= 4 is 28.1 Å². The summed E-state index contributed by atoms with van der Waals surface area (Å²) < 4.78 is 5.17. The zero-order chi connectivity index (χ0) is 16.1. The van der Waals surface area contributed by atoms with Gasteiger partial charge in [-0.15, -0.1) is 11.3 Å². The molecule has 0 radical (unpaired) electrons. The molecule has 0 atom stereocenters. The third-order valence-corrected chi connectivity index (χ3v) is 3.78. The molecule has 0 saturated carbocycles. The van der Waals surface area contributed by atoms with Crippen LogP contribution in [0.2, 0.25) is 0 Å². The molecule has 3 rings (SSSR count). The number of hydrogen-bond acceptors (Lipinski definition) is 7. The summed E-state index contributed by atoms with van der Waals surface area (Å²) >= 11 is 1.45. The fraction of sp³-hybridized carbons (Fsp3) is 0.125. The van der Waals surface area contributed by atoms with E-state index in [1.807, 2.05) is 36.6 Å². The summed E-state index contributed by atoms with van der Waals surface area (Å²) in [5, 5.41) is 5.81. The Morgan fingerprint density at radius 3 is 2.83 bits per heavy atom. The number of nitrogens with one attached hydrogen (secondary N) is 1. The molecular formula is C16H14N4O2S. The van der Waals surface area contributed by atoms with Gasteiger partial charge >= 0.3 is 5.97 Å². The fourth-order valence-corrected chi connectivity index (χ4v) is 2.52. The van der Waals surface area contributed by atoms with Gasteiger partial charge in [0.1, 0.15) is 6.61 Å². The summed E-state index contributed by atoms with van der Waals surface area (Å²) in [6.45, 7) is 2.14. The highest BCUT2D eigenvalue weighted by molar-refractivity contribution is 7.13. The Labute approximate surface area is 137 Å². The molecule has 2 aromatic heterocycles. The first kappa shape index (κ1) is 15.1. The van der Waals surface area contributed by atoms with E-state index < -0.39 is 5.97 Å². The largest absolute Gasteiger partial charge is 0.454 e. The molecule has 0 aliphatic heterocycles. The third kappa shape index (κ3) is 4.10.